The SMILES string of the molecule is Cc1cc(SCc2ccccc2C)nc(NN)n1. The molecule has 3 N–H and O–H groups in total. The summed E-state index contributed by atoms with van der Waals surface area (Å²) in [5.74, 6) is 6.69. The van der Waals surface area contributed by atoms with Crippen LogP contribution in [0.1, 0.15) is 16.8 Å². The van der Waals surface area contributed by atoms with Gasteiger partial charge in [-0.1, -0.05) is 24.3 Å². The number of aryl methyl sites for hydroxylation is 2. The van der Waals surface area contributed by atoms with Crippen molar-refractivity contribution < 1.29 is 0 Å². The molecule has 0 unspecified atom stereocenters. The van der Waals surface area contributed by atoms with Crippen molar-refractivity contribution >= 4 is 17.7 Å². The molecule has 18 heavy (non-hydrogen) atoms. The first-order valence-electron chi connectivity index (χ1n) is 5.68. The highest BCUT2D eigenvalue weighted by Gasteiger charge is 2.03. The number of thioether (sulfide) groups is 1. The lowest BCUT2D eigenvalue weighted by Crippen LogP contribution is -2.11. The predicted octanol–water partition coefficient (Wildman–Crippen LogP) is 2.67. The fourth-order valence-corrected chi connectivity index (χ4v) is 2.63. The number of hydrogen-bond acceptors (Lipinski definition) is 5. The molecule has 0 radical (unpaired) electrons. The number of nitrogens with zero attached hydrogens (tertiary/aromatic N) is 2. The van der Waals surface area contributed by atoms with Crippen LogP contribution in [0.3, 0.4) is 0 Å². The van der Waals surface area contributed by atoms with E-state index < -0.39 is 0 Å². The number of benzene rings is 1. The summed E-state index contributed by atoms with van der Waals surface area (Å²) in [7, 11) is 0. The van der Waals surface area contributed by atoms with Crippen LogP contribution in [-0.4, -0.2) is 9.97 Å². The standard InChI is InChI=1S/C13H16N4S/c1-9-5-3-4-6-11(9)8-18-12-7-10(2)15-13(16-12)17-14/h3-7H,8,14H2,1-2H3,(H,15,16,17). The first kappa shape index (κ1) is 12.9. The quantitative estimate of drug-likeness (QED) is 0.383. The van der Waals surface area contributed by atoms with Crippen molar-refractivity contribution in [1.29, 1.82) is 0 Å². The molecule has 0 atom stereocenters. The lowest BCUT2D eigenvalue weighted by atomic mass is 10.1. The normalized spacial score (nSPS) is 10.4. The maximum Gasteiger partial charge on any atom is 0.238 e. The summed E-state index contributed by atoms with van der Waals surface area (Å²) in [6, 6.07) is 10.3. The number of hydrazine groups is 1. The van der Waals surface area contributed by atoms with Crippen molar-refractivity contribution in [3.63, 3.8) is 0 Å². The van der Waals surface area contributed by atoms with Gasteiger partial charge < -0.3 is 0 Å². The molecule has 0 fully saturated rings. The van der Waals surface area contributed by atoms with Crippen LogP contribution < -0.4 is 11.3 Å². The molecule has 2 aromatic rings. The van der Waals surface area contributed by atoms with Crippen LogP contribution in [0.15, 0.2) is 35.4 Å². The Morgan fingerprint density at radius 1 is 1.22 bits per heavy atom. The Bertz CT molecular complexity index is 542. The van der Waals surface area contributed by atoms with Crippen molar-refractivity contribution in [3.8, 4) is 0 Å². The van der Waals surface area contributed by atoms with E-state index in [2.05, 4.69) is 46.6 Å². The molecule has 0 bridgehead atoms. The van der Waals surface area contributed by atoms with Gasteiger partial charge in [0.05, 0.1) is 0 Å². The van der Waals surface area contributed by atoms with Crippen molar-refractivity contribution in [3.05, 3.63) is 47.2 Å². The van der Waals surface area contributed by atoms with Crippen LogP contribution in [-0.2, 0) is 5.75 Å². The summed E-state index contributed by atoms with van der Waals surface area (Å²) in [6.07, 6.45) is 0. The zero-order chi connectivity index (χ0) is 13.0. The molecule has 0 saturated heterocycles. The summed E-state index contributed by atoms with van der Waals surface area (Å²) in [5.41, 5.74) is 6.01. The van der Waals surface area contributed by atoms with Gasteiger partial charge in [0.1, 0.15) is 5.03 Å². The maximum atomic E-state index is 5.33. The third kappa shape index (κ3) is 3.21. The van der Waals surface area contributed by atoms with Crippen LogP contribution in [0.25, 0.3) is 0 Å². The summed E-state index contributed by atoms with van der Waals surface area (Å²) >= 11 is 1.68. The largest absolute Gasteiger partial charge is 0.292 e. The molecule has 0 aliphatic heterocycles. The van der Waals surface area contributed by atoms with Crippen molar-refractivity contribution in [2.45, 2.75) is 24.6 Å². The minimum atomic E-state index is 0.460. The number of nitrogen functional groups attached to an aromatic ring is 1. The van der Waals surface area contributed by atoms with Crippen LogP contribution in [0.5, 0.6) is 0 Å². The van der Waals surface area contributed by atoms with Gasteiger partial charge in [-0.2, -0.15) is 0 Å². The van der Waals surface area contributed by atoms with Gasteiger partial charge in [0, 0.05) is 11.4 Å². The molecular weight excluding hydrogens is 244 g/mol. The summed E-state index contributed by atoms with van der Waals surface area (Å²) < 4.78 is 0. The number of nitrogens with one attached hydrogen (secondary N) is 1. The number of nitrogens with two attached hydrogens (primary N) is 1. The smallest absolute Gasteiger partial charge is 0.238 e. The zero-order valence-electron chi connectivity index (χ0n) is 10.5. The summed E-state index contributed by atoms with van der Waals surface area (Å²) in [4.78, 5) is 8.48. The Kier molecular flexibility index (Phi) is 4.17. The third-order valence-corrected chi connectivity index (χ3v) is 3.56. The Hall–Kier alpha value is -1.59. The van der Waals surface area contributed by atoms with E-state index >= 15 is 0 Å². The highest BCUT2D eigenvalue weighted by Crippen LogP contribution is 2.23. The van der Waals surface area contributed by atoms with Gasteiger partial charge in [0.25, 0.3) is 0 Å². The van der Waals surface area contributed by atoms with E-state index in [-0.39, 0.29) is 0 Å². The zero-order valence-corrected chi connectivity index (χ0v) is 11.3. The number of rotatable bonds is 4. The van der Waals surface area contributed by atoms with Gasteiger partial charge in [-0.25, -0.2) is 15.8 Å². The van der Waals surface area contributed by atoms with Gasteiger partial charge in [0.2, 0.25) is 5.95 Å². The molecular formula is C13H16N4S. The Labute approximate surface area is 111 Å². The first-order chi connectivity index (χ1) is 8.69. The van der Waals surface area contributed by atoms with E-state index in [1.165, 1.54) is 11.1 Å². The molecule has 0 aliphatic rings. The highest BCUT2D eigenvalue weighted by atomic mass is 32.2. The molecule has 1 heterocycles. The van der Waals surface area contributed by atoms with Gasteiger partial charge in [-0.3, -0.25) is 5.43 Å². The molecule has 0 amide bonds. The van der Waals surface area contributed by atoms with Gasteiger partial charge in [-0.15, -0.1) is 11.8 Å². The molecule has 94 valence electrons. The first-order valence-corrected chi connectivity index (χ1v) is 6.67. The Morgan fingerprint density at radius 2 is 2.00 bits per heavy atom. The molecule has 0 aliphatic carbocycles. The molecule has 0 spiro atoms. The predicted molar refractivity (Wildman–Crippen MR) is 75.3 cm³/mol. The second-order valence-corrected chi connectivity index (χ2v) is 5.03. The average Bonchev–Trinajstić information content (AvgIpc) is 2.37. The van der Waals surface area contributed by atoms with Crippen molar-refractivity contribution in [2.75, 3.05) is 5.43 Å². The Morgan fingerprint density at radius 3 is 2.72 bits per heavy atom. The fourth-order valence-electron chi connectivity index (χ4n) is 1.60. The van der Waals surface area contributed by atoms with Crippen molar-refractivity contribution in [2.24, 2.45) is 5.84 Å². The van der Waals surface area contributed by atoms with Crippen LogP contribution in [0, 0.1) is 13.8 Å². The van der Waals surface area contributed by atoms with Crippen molar-refractivity contribution in [1.82, 2.24) is 9.97 Å². The molecule has 4 nitrogen and oxygen atoms in total. The molecule has 1 aromatic heterocycles. The second kappa shape index (κ2) is 5.84. The minimum absolute atomic E-state index is 0.460. The fraction of sp³-hybridized carbons (Fsp3) is 0.231. The monoisotopic (exact) mass is 260 g/mol. The van der Waals surface area contributed by atoms with E-state index in [1.807, 2.05) is 13.0 Å². The maximum absolute atomic E-state index is 5.33. The van der Waals surface area contributed by atoms with E-state index in [9.17, 15) is 0 Å². The van der Waals surface area contributed by atoms with Gasteiger partial charge in [0.15, 0.2) is 0 Å². The van der Waals surface area contributed by atoms with E-state index in [1.54, 1.807) is 11.8 Å². The second-order valence-electron chi connectivity index (χ2n) is 4.03. The van der Waals surface area contributed by atoms with E-state index in [4.69, 9.17) is 5.84 Å². The third-order valence-electron chi connectivity index (χ3n) is 2.60. The van der Waals surface area contributed by atoms with E-state index in [0.717, 1.165) is 16.5 Å². The number of hydrogen-bond donors (Lipinski definition) is 2. The summed E-state index contributed by atoms with van der Waals surface area (Å²) in [5, 5.41) is 0.929. The molecule has 1 aromatic carbocycles. The molecule has 2 rings (SSSR count). The van der Waals surface area contributed by atoms with Crippen LogP contribution in [0.2, 0.25) is 0 Å². The molecule has 5 heteroatoms. The average molecular weight is 260 g/mol. The number of anilines is 1. The van der Waals surface area contributed by atoms with Gasteiger partial charge in [-0.05, 0) is 31.0 Å². The van der Waals surface area contributed by atoms with Gasteiger partial charge >= 0.3 is 0 Å². The highest BCUT2D eigenvalue weighted by molar-refractivity contribution is 7.98. The summed E-state index contributed by atoms with van der Waals surface area (Å²) in [6.45, 7) is 4.05. The van der Waals surface area contributed by atoms with E-state index in [0.29, 0.717) is 5.95 Å². The number of aromatic nitrogens is 2. The minimum Gasteiger partial charge on any atom is -0.292 e. The Balaban J connectivity index is 2.11. The van der Waals surface area contributed by atoms with Crippen LogP contribution in [0.4, 0.5) is 5.95 Å². The lowest BCUT2D eigenvalue weighted by Gasteiger charge is -2.06. The molecule has 0 saturated carbocycles. The lowest BCUT2D eigenvalue weighted by molar-refractivity contribution is 0.993. The van der Waals surface area contributed by atoms with Crippen LogP contribution >= 0.6 is 11.8 Å². The topological polar surface area (TPSA) is 63.8 Å².